The minimum Gasteiger partial charge on any atom is -0.444 e. The van der Waals surface area contributed by atoms with Gasteiger partial charge in [0.25, 0.3) is 0 Å². The summed E-state index contributed by atoms with van der Waals surface area (Å²) in [5.41, 5.74) is 0.655. The number of hydrogen-bond acceptors (Lipinski definition) is 3. The summed E-state index contributed by atoms with van der Waals surface area (Å²) >= 11 is 6.01. The molecule has 0 aliphatic rings. The Hall–Kier alpha value is -1.73. The molecule has 1 amide bonds. The number of anilines is 1. The molecule has 0 aliphatic heterocycles. The van der Waals surface area contributed by atoms with Gasteiger partial charge in [-0.15, -0.1) is 0 Å². The number of halogens is 1. The van der Waals surface area contributed by atoms with Gasteiger partial charge in [-0.05, 0) is 45.4 Å². The van der Waals surface area contributed by atoms with E-state index >= 15 is 0 Å². The maximum atomic E-state index is 11.7. The van der Waals surface area contributed by atoms with Gasteiger partial charge in [-0.1, -0.05) is 17.7 Å². The van der Waals surface area contributed by atoms with Gasteiger partial charge in [-0.2, -0.15) is 5.26 Å². The van der Waals surface area contributed by atoms with Crippen molar-refractivity contribution in [3.63, 3.8) is 0 Å². The summed E-state index contributed by atoms with van der Waals surface area (Å²) in [7, 11) is 0. The van der Waals surface area contributed by atoms with Crippen LogP contribution in [0.5, 0.6) is 0 Å². The molecule has 1 N–H and O–H groups in total. The quantitative estimate of drug-likeness (QED) is 0.878. The maximum absolute atomic E-state index is 11.7. The summed E-state index contributed by atoms with van der Waals surface area (Å²) in [6.07, 6.45) is -0.573. The average Bonchev–Trinajstić information content (AvgIpc) is 2.28. The molecule has 0 aliphatic carbocycles. The molecule has 4 nitrogen and oxygen atoms in total. The third-order valence-corrected chi connectivity index (χ3v) is 2.65. The number of hydrogen-bond donors (Lipinski definition) is 1. The Kier molecular flexibility index (Phi) is 4.79. The van der Waals surface area contributed by atoms with Crippen LogP contribution in [0.3, 0.4) is 0 Å². The Bertz CT molecular complexity index is 515. The van der Waals surface area contributed by atoms with Gasteiger partial charge in [-0.25, -0.2) is 4.79 Å². The van der Waals surface area contributed by atoms with Crippen LogP contribution >= 0.6 is 11.6 Å². The van der Waals surface area contributed by atoms with Crippen molar-refractivity contribution in [1.82, 2.24) is 0 Å². The van der Waals surface area contributed by atoms with E-state index in [0.29, 0.717) is 10.7 Å². The number of amides is 1. The van der Waals surface area contributed by atoms with Gasteiger partial charge in [0.15, 0.2) is 0 Å². The predicted molar refractivity (Wildman–Crippen MR) is 75.3 cm³/mol. The van der Waals surface area contributed by atoms with Crippen LogP contribution < -0.4 is 5.32 Å². The minimum absolute atomic E-state index is 0.267. The van der Waals surface area contributed by atoms with Gasteiger partial charge >= 0.3 is 6.09 Å². The zero-order valence-corrected chi connectivity index (χ0v) is 12.2. The molecule has 0 saturated heterocycles. The summed E-state index contributed by atoms with van der Waals surface area (Å²) < 4.78 is 5.15. The molecule has 1 aromatic rings. The molecule has 0 radical (unpaired) electrons. The van der Waals surface area contributed by atoms with E-state index in [0.717, 1.165) is 5.56 Å². The van der Waals surface area contributed by atoms with Gasteiger partial charge in [0.2, 0.25) is 0 Å². The van der Waals surface area contributed by atoms with Crippen molar-refractivity contribution >= 4 is 23.4 Å². The molecule has 5 heteroatoms. The van der Waals surface area contributed by atoms with E-state index in [2.05, 4.69) is 11.4 Å². The molecule has 0 saturated carbocycles. The van der Waals surface area contributed by atoms with E-state index in [4.69, 9.17) is 21.6 Å². The number of carbonyl (C=O) groups is 1. The first-order valence-corrected chi connectivity index (χ1v) is 6.30. The lowest BCUT2D eigenvalue weighted by Crippen LogP contribution is -2.27. The molecule has 1 rings (SSSR count). The number of nitrogens with zero attached hydrogens (tertiary/aromatic N) is 1. The fourth-order valence-electron chi connectivity index (χ4n) is 1.40. The van der Waals surface area contributed by atoms with Crippen LogP contribution in [0.2, 0.25) is 5.02 Å². The number of carbonyl (C=O) groups excluding carboxylic acids is 1. The third-order valence-electron chi connectivity index (χ3n) is 2.32. The van der Waals surface area contributed by atoms with Gasteiger partial charge in [0, 0.05) is 0 Å². The lowest BCUT2D eigenvalue weighted by Gasteiger charge is -2.20. The lowest BCUT2D eigenvalue weighted by molar-refractivity contribution is 0.0636. The van der Waals surface area contributed by atoms with Gasteiger partial charge < -0.3 is 4.74 Å². The first-order chi connectivity index (χ1) is 8.73. The van der Waals surface area contributed by atoms with Crippen LogP contribution in [0, 0.1) is 11.3 Å². The van der Waals surface area contributed by atoms with Crippen LogP contribution in [0.25, 0.3) is 0 Å². The normalized spacial score (nSPS) is 12.4. The topological polar surface area (TPSA) is 62.1 Å². The smallest absolute Gasteiger partial charge is 0.412 e. The van der Waals surface area contributed by atoms with Crippen molar-refractivity contribution in [1.29, 1.82) is 5.26 Å². The second-order valence-corrected chi connectivity index (χ2v) is 5.62. The van der Waals surface area contributed by atoms with Crippen LogP contribution in [0.4, 0.5) is 10.5 Å². The molecule has 0 fully saturated rings. The van der Waals surface area contributed by atoms with E-state index in [1.807, 2.05) is 0 Å². The molecule has 0 aromatic heterocycles. The molecule has 19 heavy (non-hydrogen) atoms. The number of benzene rings is 1. The summed E-state index contributed by atoms with van der Waals surface area (Å²) in [5, 5.41) is 11.9. The zero-order valence-electron chi connectivity index (χ0n) is 11.5. The molecule has 1 unspecified atom stereocenters. The minimum atomic E-state index is -0.575. The summed E-state index contributed by atoms with van der Waals surface area (Å²) in [6.45, 7) is 7.12. The number of nitriles is 1. The predicted octanol–water partition coefficient (Wildman–Crippen LogP) is 4.31. The van der Waals surface area contributed by atoms with Crippen LogP contribution in [-0.2, 0) is 4.74 Å². The molecule has 1 atom stereocenters. The summed E-state index contributed by atoms with van der Waals surface area (Å²) in [5.74, 6) is -0.267. The molecule has 0 bridgehead atoms. The van der Waals surface area contributed by atoms with E-state index in [-0.39, 0.29) is 5.92 Å². The zero-order chi connectivity index (χ0) is 14.6. The Morgan fingerprint density at radius 2 is 2.11 bits per heavy atom. The monoisotopic (exact) mass is 280 g/mol. The largest absolute Gasteiger partial charge is 0.444 e. The molecule has 1 aromatic carbocycles. The Labute approximate surface area is 118 Å². The van der Waals surface area contributed by atoms with Crippen LogP contribution in [-0.4, -0.2) is 11.7 Å². The molecule has 0 spiro atoms. The fourth-order valence-corrected chi connectivity index (χ4v) is 1.56. The van der Waals surface area contributed by atoms with Crippen molar-refractivity contribution in [3.8, 4) is 6.07 Å². The summed E-state index contributed by atoms with van der Waals surface area (Å²) in [4.78, 5) is 11.7. The van der Waals surface area contributed by atoms with Crippen molar-refractivity contribution < 1.29 is 9.53 Å². The lowest BCUT2D eigenvalue weighted by atomic mass is 10.0. The van der Waals surface area contributed by atoms with Crippen molar-refractivity contribution in [2.24, 2.45) is 0 Å². The van der Waals surface area contributed by atoms with E-state index in [9.17, 15) is 4.79 Å². The average molecular weight is 281 g/mol. The molecule has 102 valence electrons. The highest BCUT2D eigenvalue weighted by Gasteiger charge is 2.17. The highest BCUT2D eigenvalue weighted by Crippen LogP contribution is 2.27. The molecular weight excluding hydrogens is 264 g/mol. The number of ether oxygens (including phenoxy) is 1. The standard InChI is InChI=1S/C14H17ClN2O2/c1-9(8-16)10-5-6-11(15)12(7-10)17-13(18)19-14(2,3)4/h5-7,9H,1-4H3,(H,17,18). The van der Waals surface area contributed by atoms with Crippen molar-refractivity contribution in [3.05, 3.63) is 28.8 Å². The van der Waals surface area contributed by atoms with Crippen molar-refractivity contribution in [2.75, 3.05) is 5.32 Å². The van der Waals surface area contributed by atoms with Gasteiger partial charge in [0.05, 0.1) is 22.7 Å². The van der Waals surface area contributed by atoms with Crippen LogP contribution in [0.15, 0.2) is 18.2 Å². The Morgan fingerprint density at radius 1 is 1.47 bits per heavy atom. The van der Waals surface area contributed by atoms with Crippen LogP contribution in [0.1, 0.15) is 39.2 Å². The highest BCUT2D eigenvalue weighted by atomic mass is 35.5. The summed E-state index contributed by atoms with van der Waals surface area (Å²) in [6, 6.07) is 7.22. The SMILES string of the molecule is CC(C#N)c1ccc(Cl)c(NC(=O)OC(C)(C)C)c1. The Morgan fingerprint density at radius 3 is 2.63 bits per heavy atom. The molecular formula is C14H17ClN2O2. The Balaban J connectivity index is 2.89. The third kappa shape index (κ3) is 4.80. The van der Waals surface area contributed by atoms with Gasteiger partial charge in [-0.3, -0.25) is 5.32 Å². The maximum Gasteiger partial charge on any atom is 0.412 e. The second kappa shape index (κ2) is 5.94. The second-order valence-electron chi connectivity index (χ2n) is 5.22. The fraction of sp³-hybridized carbons (Fsp3) is 0.429. The van der Waals surface area contributed by atoms with E-state index in [1.165, 1.54) is 0 Å². The molecule has 0 heterocycles. The van der Waals surface area contributed by atoms with Crippen molar-refractivity contribution in [2.45, 2.75) is 39.2 Å². The number of rotatable bonds is 2. The van der Waals surface area contributed by atoms with Gasteiger partial charge in [0.1, 0.15) is 5.60 Å². The highest BCUT2D eigenvalue weighted by molar-refractivity contribution is 6.33. The van der Waals surface area contributed by atoms with E-state index < -0.39 is 11.7 Å². The number of nitrogens with one attached hydrogen (secondary N) is 1. The van der Waals surface area contributed by atoms with E-state index in [1.54, 1.807) is 45.9 Å². The first-order valence-electron chi connectivity index (χ1n) is 5.92. The first kappa shape index (κ1) is 15.3.